The minimum absolute atomic E-state index is 0.508. The minimum atomic E-state index is 0.508. The van der Waals surface area contributed by atoms with Crippen LogP contribution in [0.2, 0.25) is 0 Å². The molecule has 3 saturated carbocycles. The molecular weight excluding hydrogens is 220 g/mol. The third-order valence-corrected chi connectivity index (χ3v) is 5.98. The van der Waals surface area contributed by atoms with Gasteiger partial charge in [0.2, 0.25) is 0 Å². The van der Waals surface area contributed by atoms with E-state index in [-0.39, 0.29) is 0 Å². The van der Waals surface area contributed by atoms with Crippen LogP contribution in [0.15, 0.2) is 0 Å². The topological polar surface area (TPSA) is 15.3 Å². The van der Waals surface area contributed by atoms with Crippen molar-refractivity contribution in [3.8, 4) is 0 Å². The van der Waals surface area contributed by atoms with Gasteiger partial charge in [0.15, 0.2) is 0 Å². The van der Waals surface area contributed by atoms with Crippen LogP contribution in [0.5, 0.6) is 0 Å². The Labute approximate surface area is 111 Å². The van der Waals surface area contributed by atoms with Crippen LogP contribution in [0.3, 0.4) is 0 Å². The summed E-state index contributed by atoms with van der Waals surface area (Å²) in [4.78, 5) is 2.94. The second-order valence-corrected chi connectivity index (χ2v) is 7.56. The molecule has 4 aliphatic rings. The average molecular weight is 248 g/mol. The van der Waals surface area contributed by atoms with Crippen molar-refractivity contribution in [1.29, 1.82) is 0 Å². The van der Waals surface area contributed by atoms with E-state index in [2.05, 4.69) is 17.1 Å². The van der Waals surface area contributed by atoms with Gasteiger partial charge < -0.3 is 5.32 Å². The molecule has 1 saturated heterocycles. The highest BCUT2D eigenvalue weighted by Gasteiger charge is 2.49. The summed E-state index contributed by atoms with van der Waals surface area (Å²) in [5.74, 6) is 2.13. The molecule has 1 unspecified atom stereocenters. The first-order chi connectivity index (χ1) is 8.77. The van der Waals surface area contributed by atoms with Crippen LogP contribution in [0, 0.1) is 11.8 Å². The van der Waals surface area contributed by atoms with E-state index in [4.69, 9.17) is 0 Å². The van der Waals surface area contributed by atoms with E-state index in [0.717, 1.165) is 23.9 Å². The molecule has 18 heavy (non-hydrogen) atoms. The van der Waals surface area contributed by atoms with Crippen molar-refractivity contribution in [2.75, 3.05) is 13.1 Å². The molecule has 4 fully saturated rings. The first-order valence-electron chi connectivity index (χ1n) is 8.28. The van der Waals surface area contributed by atoms with E-state index in [1.54, 1.807) is 0 Å². The highest BCUT2D eigenvalue weighted by molar-refractivity contribution is 5.06. The van der Waals surface area contributed by atoms with Crippen LogP contribution in [0.4, 0.5) is 0 Å². The van der Waals surface area contributed by atoms with Gasteiger partial charge in [-0.1, -0.05) is 12.8 Å². The standard InChI is InChI=1S/C16H28N2/c1-12-10-17-16(8-2-3-9-16)11-18(12)15(13-4-5-13)14-6-7-14/h12-15,17H,2-11H2,1H3. The van der Waals surface area contributed by atoms with E-state index < -0.39 is 0 Å². The van der Waals surface area contributed by atoms with Crippen LogP contribution in [0.25, 0.3) is 0 Å². The minimum Gasteiger partial charge on any atom is -0.308 e. The third-order valence-electron chi connectivity index (χ3n) is 5.98. The molecule has 0 radical (unpaired) electrons. The van der Waals surface area contributed by atoms with Gasteiger partial charge in [0.1, 0.15) is 0 Å². The Balaban J connectivity index is 1.53. The summed E-state index contributed by atoms with van der Waals surface area (Å²) in [5.41, 5.74) is 0.508. The second kappa shape index (κ2) is 4.21. The van der Waals surface area contributed by atoms with E-state index in [1.807, 2.05) is 0 Å². The summed E-state index contributed by atoms with van der Waals surface area (Å²) in [7, 11) is 0. The van der Waals surface area contributed by atoms with Crippen LogP contribution < -0.4 is 5.32 Å². The van der Waals surface area contributed by atoms with E-state index in [0.29, 0.717) is 5.54 Å². The molecule has 2 nitrogen and oxygen atoms in total. The molecule has 0 amide bonds. The molecule has 2 heteroatoms. The van der Waals surface area contributed by atoms with Crippen molar-refractivity contribution in [3.63, 3.8) is 0 Å². The normalized spacial score (nSPS) is 36.7. The molecular formula is C16H28N2. The number of piperazine rings is 1. The Morgan fingerprint density at radius 3 is 2.22 bits per heavy atom. The van der Waals surface area contributed by atoms with Crippen LogP contribution in [0.1, 0.15) is 58.3 Å². The molecule has 1 N–H and O–H groups in total. The highest BCUT2D eigenvalue weighted by Crippen LogP contribution is 2.49. The van der Waals surface area contributed by atoms with Crippen molar-refractivity contribution in [3.05, 3.63) is 0 Å². The molecule has 102 valence electrons. The predicted octanol–water partition coefficient (Wildman–Crippen LogP) is 2.78. The smallest absolute Gasteiger partial charge is 0.0309 e. The molecule has 0 aromatic rings. The number of rotatable bonds is 3. The summed E-state index contributed by atoms with van der Waals surface area (Å²) >= 11 is 0. The fraction of sp³-hybridized carbons (Fsp3) is 1.00. The molecule has 1 heterocycles. The Bertz CT molecular complexity index is 301. The number of hydrogen-bond donors (Lipinski definition) is 1. The lowest BCUT2D eigenvalue weighted by molar-refractivity contribution is 0.0327. The molecule has 3 aliphatic carbocycles. The van der Waals surface area contributed by atoms with E-state index in [1.165, 1.54) is 64.5 Å². The SMILES string of the molecule is CC1CNC2(CCCC2)CN1C(C1CC1)C1CC1. The summed E-state index contributed by atoms with van der Waals surface area (Å²) in [6.45, 7) is 5.04. The van der Waals surface area contributed by atoms with Gasteiger partial charge in [-0.2, -0.15) is 0 Å². The van der Waals surface area contributed by atoms with Gasteiger partial charge in [0.25, 0.3) is 0 Å². The Kier molecular flexibility index (Phi) is 2.74. The summed E-state index contributed by atoms with van der Waals surface area (Å²) in [6.07, 6.45) is 11.8. The van der Waals surface area contributed by atoms with Gasteiger partial charge in [0.05, 0.1) is 0 Å². The van der Waals surface area contributed by atoms with Crippen LogP contribution in [-0.2, 0) is 0 Å². The first kappa shape index (κ1) is 11.7. The zero-order valence-electron chi connectivity index (χ0n) is 11.8. The maximum Gasteiger partial charge on any atom is 0.0309 e. The average Bonchev–Trinajstić information content (AvgIpc) is 3.28. The molecule has 4 rings (SSSR count). The predicted molar refractivity (Wildman–Crippen MR) is 74.6 cm³/mol. The van der Waals surface area contributed by atoms with E-state index in [9.17, 15) is 0 Å². The van der Waals surface area contributed by atoms with Crippen LogP contribution >= 0.6 is 0 Å². The van der Waals surface area contributed by atoms with Gasteiger partial charge >= 0.3 is 0 Å². The Morgan fingerprint density at radius 2 is 1.67 bits per heavy atom. The maximum absolute atomic E-state index is 3.91. The summed E-state index contributed by atoms with van der Waals surface area (Å²) in [6, 6.07) is 1.72. The van der Waals surface area contributed by atoms with Crippen molar-refractivity contribution in [2.45, 2.75) is 75.9 Å². The molecule has 1 aliphatic heterocycles. The fourth-order valence-corrected chi connectivity index (χ4v) is 4.63. The van der Waals surface area contributed by atoms with Gasteiger partial charge in [-0.25, -0.2) is 0 Å². The molecule has 0 bridgehead atoms. The number of nitrogens with zero attached hydrogens (tertiary/aromatic N) is 1. The monoisotopic (exact) mass is 248 g/mol. The molecule has 1 atom stereocenters. The van der Waals surface area contributed by atoms with Crippen molar-refractivity contribution >= 4 is 0 Å². The van der Waals surface area contributed by atoms with Crippen molar-refractivity contribution < 1.29 is 0 Å². The quantitative estimate of drug-likeness (QED) is 0.826. The summed E-state index contributed by atoms with van der Waals surface area (Å²) in [5, 5.41) is 3.91. The van der Waals surface area contributed by atoms with Crippen molar-refractivity contribution in [1.82, 2.24) is 10.2 Å². The lowest BCUT2D eigenvalue weighted by atomic mass is 9.89. The lowest BCUT2D eigenvalue weighted by Crippen LogP contribution is -2.65. The molecule has 0 aromatic carbocycles. The number of hydrogen-bond acceptors (Lipinski definition) is 2. The fourth-order valence-electron chi connectivity index (χ4n) is 4.63. The lowest BCUT2D eigenvalue weighted by Gasteiger charge is -2.49. The van der Waals surface area contributed by atoms with Gasteiger partial charge in [-0.15, -0.1) is 0 Å². The largest absolute Gasteiger partial charge is 0.308 e. The number of nitrogens with one attached hydrogen (secondary N) is 1. The highest BCUT2D eigenvalue weighted by atomic mass is 15.3. The zero-order chi connectivity index (χ0) is 12.2. The second-order valence-electron chi connectivity index (χ2n) is 7.56. The van der Waals surface area contributed by atoms with Crippen molar-refractivity contribution in [2.24, 2.45) is 11.8 Å². The van der Waals surface area contributed by atoms with Crippen LogP contribution in [-0.4, -0.2) is 35.6 Å². The zero-order valence-corrected chi connectivity index (χ0v) is 11.8. The van der Waals surface area contributed by atoms with Gasteiger partial charge in [0, 0.05) is 30.7 Å². The Hall–Kier alpha value is -0.0800. The molecule has 0 aromatic heterocycles. The molecule has 1 spiro atoms. The summed E-state index contributed by atoms with van der Waals surface area (Å²) < 4.78 is 0. The third kappa shape index (κ3) is 2.02. The maximum atomic E-state index is 3.91. The van der Waals surface area contributed by atoms with E-state index >= 15 is 0 Å². The van der Waals surface area contributed by atoms with Gasteiger partial charge in [-0.3, -0.25) is 4.90 Å². The first-order valence-corrected chi connectivity index (χ1v) is 8.28. The van der Waals surface area contributed by atoms with Gasteiger partial charge in [-0.05, 0) is 57.3 Å². The Morgan fingerprint density at radius 1 is 1.06 bits per heavy atom.